The Kier molecular flexibility index (Phi) is 2.70. The molecule has 1 saturated carbocycles. The van der Waals surface area contributed by atoms with Gasteiger partial charge in [0.15, 0.2) is 5.82 Å². The standard InChI is InChI=1S/C13H13ClN4S/c14-9-5-2-1-4-8(9)12-15-16-13-18(12)17-10-6-3-7-11(10)19-13/h1-2,4-5,10-11,17H,3,6-7H2. The fourth-order valence-electron chi connectivity index (χ4n) is 2.80. The summed E-state index contributed by atoms with van der Waals surface area (Å²) in [6.45, 7) is 0. The number of thioether (sulfide) groups is 1. The van der Waals surface area contributed by atoms with Crippen LogP contribution in [0.2, 0.25) is 5.02 Å². The predicted molar refractivity (Wildman–Crippen MR) is 77.1 cm³/mol. The molecule has 6 heteroatoms. The molecule has 0 saturated heterocycles. The van der Waals surface area contributed by atoms with E-state index in [0.717, 1.165) is 16.5 Å². The van der Waals surface area contributed by atoms with Crippen molar-refractivity contribution >= 4 is 23.4 Å². The number of hydrogen-bond acceptors (Lipinski definition) is 4. The molecule has 0 spiro atoms. The van der Waals surface area contributed by atoms with Gasteiger partial charge >= 0.3 is 0 Å². The molecule has 0 bridgehead atoms. The summed E-state index contributed by atoms with van der Waals surface area (Å²) >= 11 is 8.09. The summed E-state index contributed by atoms with van der Waals surface area (Å²) in [6, 6.07) is 8.28. The number of nitrogens with zero attached hydrogens (tertiary/aromatic N) is 3. The second-order valence-corrected chi connectivity index (χ2v) is 6.56. The van der Waals surface area contributed by atoms with Crippen molar-refractivity contribution in [2.75, 3.05) is 5.43 Å². The van der Waals surface area contributed by atoms with Crippen molar-refractivity contribution < 1.29 is 0 Å². The zero-order valence-corrected chi connectivity index (χ0v) is 11.8. The molecule has 98 valence electrons. The van der Waals surface area contributed by atoms with Gasteiger partial charge in [-0.05, 0) is 25.0 Å². The molecule has 2 aromatic rings. The van der Waals surface area contributed by atoms with Gasteiger partial charge < -0.3 is 5.43 Å². The average Bonchev–Trinajstić information content (AvgIpc) is 3.02. The van der Waals surface area contributed by atoms with E-state index in [2.05, 4.69) is 15.6 Å². The zero-order chi connectivity index (χ0) is 12.8. The molecule has 4 nitrogen and oxygen atoms in total. The van der Waals surface area contributed by atoms with E-state index in [1.807, 2.05) is 40.7 Å². The van der Waals surface area contributed by atoms with Gasteiger partial charge in [0.2, 0.25) is 5.16 Å². The van der Waals surface area contributed by atoms with Gasteiger partial charge in [0.25, 0.3) is 0 Å². The smallest absolute Gasteiger partial charge is 0.210 e. The maximum absolute atomic E-state index is 6.25. The molecular formula is C13H13ClN4S. The largest absolute Gasteiger partial charge is 0.318 e. The highest BCUT2D eigenvalue weighted by Crippen LogP contribution is 2.40. The van der Waals surface area contributed by atoms with E-state index >= 15 is 0 Å². The maximum atomic E-state index is 6.25. The van der Waals surface area contributed by atoms with Crippen molar-refractivity contribution in [3.8, 4) is 11.4 Å². The molecular weight excluding hydrogens is 280 g/mol. The van der Waals surface area contributed by atoms with Gasteiger partial charge in [-0.3, -0.25) is 0 Å². The van der Waals surface area contributed by atoms with Gasteiger partial charge in [-0.15, -0.1) is 10.2 Å². The van der Waals surface area contributed by atoms with Crippen molar-refractivity contribution in [1.29, 1.82) is 0 Å². The van der Waals surface area contributed by atoms with Gasteiger partial charge in [0.1, 0.15) is 0 Å². The number of nitrogens with one attached hydrogen (secondary N) is 1. The van der Waals surface area contributed by atoms with Crippen LogP contribution in [0.3, 0.4) is 0 Å². The minimum atomic E-state index is 0.523. The average molecular weight is 293 g/mol. The molecule has 1 aromatic carbocycles. The minimum Gasteiger partial charge on any atom is -0.318 e. The normalized spacial score (nSPS) is 24.7. The van der Waals surface area contributed by atoms with Gasteiger partial charge in [0.05, 0.1) is 11.1 Å². The molecule has 2 aliphatic rings. The summed E-state index contributed by atoms with van der Waals surface area (Å²) in [5.74, 6) is 0.804. The second-order valence-electron chi connectivity index (χ2n) is 4.94. The topological polar surface area (TPSA) is 42.7 Å². The Morgan fingerprint density at radius 3 is 3.05 bits per heavy atom. The quantitative estimate of drug-likeness (QED) is 0.877. The summed E-state index contributed by atoms with van der Waals surface area (Å²) in [5, 5.41) is 10.9. The van der Waals surface area contributed by atoms with Crippen LogP contribution >= 0.6 is 23.4 Å². The fraction of sp³-hybridized carbons (Fsp3) is 0.385. The Bertz CT molecular complexity index is 627. The first-order valence-corrected chi connectivity index (χ1v) is 7.72. The molecule has 1 aliphatic heterocycles. The van der Waals surface area contributed by atoms with E-state index in [0.29, 0.717) is 16.3 Å². The Balaban J connectivity index is 1.79. The third kappa shape index (κ3) is 1.83. The Morgan fingerprint density at radius 1 is 1.26 bits per heavy atom. The van der Waals surface area contributed by atoms with E-state index in [1.54, 1.807) is 0 Å². The molecule has 1 N–H and O–H groups in total. The Labute approximate surface area is 120 Å². The highest BCUT2D eigenvalue weighted by atomic mass is 35.5. The van der Waals surface area contributed by atoms with Crippen LogP contribution in [0.25, 0.3) is 11.4 Å². The van der Waals surface area contributed by atoms with Crippen LogP contribution in [0, 0.1) is 0 Å². The van der Waals surface area contributed by atoms with Gasteiger partial charge in [-0.2, -0.15) is 0 Å². The zero-order valence-electron chi connectivity index (χ0n) is 10.2. The first kappa shape index (κ1) is 11.6. The summed E-state index contributed by atoms with van der Waals surface area (Å²) in [4.78, 5) is 0. The van der Waals surface area contributed by atoms with Crippen molar-refractivity contribution in [2.45, 2.75) is 35.7 Å². The van der Waals surface area contributed by atoms with Crippen molar-refractivity contribution in [2.24, 2.45) is 0 Å². The van der Waals surface area contributed by atoms with Crippen molar-refractivity contribution in [3.63, 3.8) is 0 Å². The number of rotatable bonds is 1. The Morgan fingerprint density at radius 2 is 2.16 bits per heavy atom. The summed E-state index contributed by atoms with van der Waals surface area (Å²) < 4.78 is 2.00. The minimum absolute atomic E-state index is 0.523. The molecule has 1 fully saturated rings. The molecule has 4 rings (SSSR count). The van der Waals surface area contributed by atoms with Crippen LogP contribution in [0.5, 0.6) is 0 Å². The third-order valence-corrected chi connectivity index (χ3v) is 5.42. The number of halogens is 1. The van der Waals surface area contributed by atoms with E-state index in [1.165, 1.54) is 19.3 Å². The molecule has 19 heavy (non-hydrogen) atoms. The van der Waals surface area contributed by atoms with E-state index in [4.69, 9.17) is 11.6 Å². The highest BCUT2D eigenvalue weighted by molar-refractivity contribution is 7.99. The lowest BCUT2D eigenvalue weighted by Gasteiger charge is -2.28. The van der Waals surface area contributed by atoms with Crippen molar-refractivity contribution in [1.82, 2.24) is 14.9 Å². The SMILES string of the molecule is Clc1ccccc1-c1nnc2n1NC1CCCC1S2. The number of hydrogen-bond donors (Lipinski definition) is 1. The lowest BCUT2D eigenvalue weighted by Crippen LogP contribution is -2.37. The predicted octanol–water partition coefficient (Wildman–Crippen LogP) is 3.17. The van der Waals surface area contributed by atoms with E-state index in [9.17, 15) is 0 Å². The monoisotopic (exact) mass is 292 g/mol. The molecule has 2 unspecified atom stereocenters. The maximum Gasteiger partial charge on any atom is 0.210 e. The van der Waals surface area contributed by atoms with Crippen LogP contribution in [0.15, 0.2) is 29.4 Å². The molecule has 2 atom stereocenters. The van der Waals surface area contributed by atoms with Gasteiger partial charge in [-0.1, -0.05) is 41.9 Å². The van der Waals surface area contributed by atoms with Crippen LogP contribution in [-0.2, 0) is 0 Å². The molecule has 1 aliphatic carbocycles. The lowest BCUT2D eigenvalue weighted by molar-refractivity contribution is 0.611. The molecule has 2 heterocycles. The van der Waals surface area contributed by atoms with Crippen LogP contribution in [-0.4, -0.2) is 26.2 Å². The highest BCUT2D eigenvalue weighted by Gasteiger charge is 2.35. The first-order chi connectivity index (χ1) is 9.33. The molecule has 1 aromatic heterocycles. The Hall–Kier alpha value is -1.20. The van der Waals surface area contributed by atoms with Crippen molar-refractivity contribution in [3.05, 3.63) is 29.3 Å². The summed E-state index contributed by atoms with van der Waals surface area (Å²) in [7, 11) is 0. The first-order valence-electron chi connectivity index (χ1n) is 6.46. The molecule has 0 radical (unpaired) electrons. The fourth-order valence-corrected chi connectivity index (χ4v) is 4.26. The lowest BCUT2D eigenvalue weighted by atomic mass is 10.2. The van der Waals surface area contributed by atoms with E-state index < -0.39 is 0 Å². The third-order valence-electron chi connectivity index (χ3n) is 3.75. The van der Waals surface area contributed by atoms with Crippen LogP contribution < -0.4 is 5.43 Å². The van der Waals surface area contributed by atoms with Crippen LogP contribution in [0.1, 0.15) is 19.3 Å². The van der Waals surface area contributed by atoms with Gasteiger partial charge in [-0.25, -0.2) is 4.68 Å². The second kappa shape index (κ2) is 4.42. The summed E-state index contributed by atoms with van der Waals surface area (Å²) in [6.07, 6.45) is 3.77. The number of benzene rings is 1. The number of aromatic nitrogens is 3. The van der Waals surface area contributed by atoms with Crippen LogP contribution in [0.4, 0.5) is 0 Å². The van der Waals surface area contributed by atoms with Gasteiger partial charge in [0, 0.05) is 10.8 Å². The van der Waals surface area contributed by atoms with E-state index in [-0.39, 0.29) is 0 Å². The molecule has 0 amide bonds. The summed E-state index contributed by atoms with van der Waals surface area (Å²) in [5.41, 5.74) is 4.47. The number of fused-ring (bicyclic) bond motifs is 2.